The first-order chi connectivity index (χ1) is 11.3. The predicted molar refractivity (Wildman–Crippen MR) is 94.7 cm³/mol. The molecule has 1 amide bonds. The van der Waals surface area contributed by atoms with Crippen LogP contribution >= 0.6 is 15.9 Å². The van der Waals surface area contributed by atoms with Crippen molar-refractivity contribution in [1.29, 1.82) is 0 Å². The Morgan fingerprint density at radius 3 is 2.46 bits per heavy atom. The molecular weight excluding hydrogens is 377 g/mol. The van der Waals surface area contributed by atoms with Gasteiger partial charge in [-0.05, 0) is 54.4 Å². The van der Waals surface area contributed by atoms with Crippen molar-refractivity contribution >= 4 is 27.7 Å². The number of halogens is 2. The van der Waals surface area contributed by atoms with E-state index in [4.69, 9.17) is 9.47 Å². The highest BCUT2D eigenvalue weighted by molar-refractivity contribution is 9.10. The molecule has 0 spiro atoms. The SMILES string of the molecule is CC(C)(C)OC(=O)Nc1c(OCc2ccccc2)ccc(Br)c1F. The maximum Gasteiger partial charge on any atom is 0.412 e. The molecule has 128 valence electrons. The van der Waals surface area contributed by atoms with Gasteiger partial charge in [-0.3, -0.25) is 5.32 Å². The van der Waals surface area contributed by atoms with Crippen molar-refractivity contribution in [3.63, 3.8) is 0 Å². The number of carbonyl (C=O) groups excluding carboxylic acids is 1. The molecule has 0 aromatic heterocycles. The highest BCUT2D eigenvalue weighted by Crippen LogP contribution is 2.33. The summed E-state index contributed by atoms with van der Waals surface area (Å²) in [6, 6.07) is 12.6. The van der Waals surface area contributed by atoms with Gasteiger partial charge in [0.05, 0.1) is 4.47 Å². The van der Waals surface area contributed by atoms with E-state index in [9.17, 15) is 9.18 Å². The first kappa shape index (κ1) is 18.3. The minimum absolute atomic E-state index is 0.0606. The standard InChI is InChI=1S/C18H19BrFNO3/c1-18(2,3)24-17(22)21-16-14(10-9-13(19)15(16)20)23-11-12-7-5-4-6-8-12/h4-10H,11H2,1-3H3,(H,21,22). The number of nitrogens with one attached hydrogen (secondary N) is 1. The summed E-state index contributed by atoms with van der Waals surface area (Å²) >= 11 is 3.10. The van der Waals surface area contributed by atoms with Gasteiger partial charge in [-0.1, -0.05) is 30.3 Å². The summed E-state index contributed by atoms with van der Waals surface area (Å²) in [6.45, 7) is 5.45. The molecular formula is C18H19BrFNO3. The summed E-state index contributed by atoms with van der Waals surface area (Å²) in [5.41, 5.74) is 0.191. The average molecular weight is 396 g/mol. The molecule has 0 fully saturated rings. The summed E-state index contributed by atoms with van der Waals surface area (Å²) in [5.74, 6) is -0.392. The Labute approximate surface area is 149 Å². The zero-order valence-corrected chi connectivity index (χ0v) is 15.3. The Bertz CT molecular complexity index is 714. The molecule has 4 nitrogen and oxygen atoms in total. The van der Waals surface area contributed by atoms with Crippen LogP contribution in [0, 0.1) is 5.82 Å². The zero-order chi connectivity index (χ0) is 17.7. The number of ether oxygens (including phenoxy) is 2. The van der Waals surface area contributed by atoms with Gasteiger partial charge in [-0.15, -0.1) is 0 Å². The van der Waals surface area contributed by atoms with E-state index in [1.807, 2.05) is 30.3 Å². The fourth-order valence-electron chi connectivity index (χ4n) is 1.91. The second kappa shape index (κ2) is 7.66. The summed E-state index contributed by atoms with van der Waals surface area (Å²) in [7, 11) is 0. The number of carbonyl (C=O) groups is 1. The largest absolute Gasteiger partial charge is 0.487 e. The Kier molecular flexibility index (Phi) is 5.83. The fourth-order valence-corrected chi connectivity index (χ4v) is 2.24. The van der Waals surface area contributed by atoms with Gasteiger partial charge in [0.15, 0.2) is 5.82 Å². The molecule has 0 atom stereocenters. The first-order valence-corrected chi connectivity index (χ1v) is 8.20. The Hall–Kier alpha value is -2.08. The lowest BCUT2D eigenvalue weighted by Crippen LogP contribution is -2.27. The Morgan fingerprint density at radius 2 is 1.83 bits per heavy atom. The molecule has 2 aromatic rings. The molecule has 2 aromatic carbocycles. The molecule has 0 bridgehead atoms. The Balaban J connectivity index is 2.19. The molecule has 24 heavy (non-hydrogen) atoms. The van der Waals surface area contributed by atoms with E-state index < -0.39 is 17.5 Å². The number of amides is 1. The topological polar surface area (TPSA) is 47.6 Å². The number of hydrogen-bond acceptors (Lipinski definition) is 3. The van der Waals surface area contributed by atoms with Crippen molar-refractivity contribution in [2.75, 3.05) is 5.32 Å². The van der Waals surface area contributed by atoms with E-state index in [0.29, 0.717) is 0 Å². The van der Waals surface area contributed by atoms with Crippen LogP contribution in [0.4, 0.5) is 14.9 Å². The van der Waals surface area contributed by atoms with Crippen molar-refractivity contribution in [3.05, 3.63) is 58.3 Å². The van der Waals surface area contributed by atoms with Gasteiger partial charge in [0.1, 0.15) is 23.6 Å². The predicted octanol–water partition coefficient (Wildman–Crippen LogP) is 5.51. The lowest BCUT2D eigenvalue weighted by molar-refractivity contribution is 0.0634. The van der Waals surface area contributed by atoms with E-state index >= 15 is 0 Å². The van der Waals surface area contributed by atoms with E-state index in [0.717, 1.165) is 5.56 Å². The van der Waals surface area contributed by atoms with Crippen LogP contribution in [0.3, 0.4) is 0 Å². The number of rotatable bonds is 4. The van der Waals surface area contributed by atoms with Gasteiger partial charge in [0.25, 0.3) is 0 Å². The van der Waals surface area contributed by atoms with Gasteiger partial charge in [0.2, 0.25) is 0 Å². The van der Waals surface area contributed by atoms with E-state index in [1.54, 1.807) is 26.8 Å². The number of hydrogen-bond donors (Lipinski definition) is 1. The second-order valence-electron chi connectivity index (χ2n) is 6.14. The second-order valence-corrected chi connectivity index (χ2v) is 6.99. The maximum absolute atomic E-state index is 14.4. The number of anilines is 1. The Morgan fingerprint density at radius 1 is 1.17 bits per heavy atom. The van der Waals surface area contributed by atoms with Crippen LogP contribution in [0.25, 0.3) is 0 Å². The third-order valence-electron chi connectivity index (χ3n) is 2.92. The lowest BCUT2D eigenvalue weighted by atomic mass is 10.2. The van der Waals surface area contributed by atoms with Crippen molar-refractivity contribution in [3.8, 4) is 5.75 Å². The van der Waals surface area contributed by atoms with Crippen LogP contribution in [-0.2, 0) is 11.3 Å². The average Bonchev–Trinajstić information content (AvgIpc) is 2.50. The minimum atomic E-state index is -0.746. The molecule has 1 N–H and O–H groups in total. The molecule has 0 heterocycles. The molecule has 0 aliphatic heterocycles. The van der Waals surface area contributed by atoms with E-state index in [-0.39, 0.29) is 22.5 Å². The molecule has 0 unspecified atom stereocenters. The van der Waals surface area contributed by atoms with Crippen LogP contribution in [0.15, 0.2) is 46.9 Å². The van der Waals surface area contributed by atoms with Crippen molar-refractivity contribution in [1.82, 2.24) is 0 Å². The molecule has 0 saturated carbocycles. The quantitative estimate of drug-likeness (QED) is 0.741. The van der Waals surface area contributed by atoms with Gasteiger partial charge in [-0.2, -0.15) is 0 Å². The highest BCUT2D eigenvalue weighted by Gasteiger charge is 2.21. The van der Waals surface area contributed by atoms with E-state index in [1.165, 1.54) is 6.07 Å². The van der Waals surface area contributed by atoms with Crippen LogP contribution < -0.4 is 10.1 Å². The minimum Gasteiger partial charge on any atom is -0.487 e. The third kappa shape index (κ3) is 5.23. The summed E-state index contributed by atoms with van der Waals surface area (Å²) < 4.78 is 25.4. The van der Waals surface area contributed by atoms with Crippen LogP contribution in [0.2, 0.25) is 0 Å². The third-order valence-corrected chi connectivity index (χ3v) is 3.53. The van der Waals surface area contributed by atoms with Gasteiger partial charge >= 0.3 is 6.09 Å². The highest BCUT2D eigenvalue weighted by atomic mass is 79.9. The van der Waals surface area contributed by atoms with Crippen molar-refractivity contribution < 1.29 is 18.7 Å². The van der Waals surface area contributed by atoms with Crippen LogP contribution in [-0.4, -0.2) is 11.7 Å². The summed E-state index contributed by atoms with van der Waals surface area (Å²) in [6.07, 6.45) is -0.746. The summed E-state index contributed by atoms with van der Waals surface area (Å²) in [4.78, 5) is 11.9. The molecule has 0 saturated heterocycles. The molecule has 0 radical (unpaired) electrons. The van der Waals surface area contributed by atoms with E-state index in [2.05, 4.69) is 21.2 Å². The maximum atomic E-state index is 14.4. The fraction of sp³-hybridized carbons (Fsp3) is 0.278. The van der Waals surface area contributed by atoms with Gasteiger partial charge < -0.3 is 9.47 Å². The first-order valence-electron chi connectivity index (χ1n) is 7.41. The smallest absolute Gasteiger partial charge is 0.412 e. The van der Waals surface area contributed by atoms with Gasteiger partial charge in [-0.25, -0.2) is 9.18 Å². The molecule has 0 aliphatic rings. The monoisotopic (exact) mass is 395 g/mol. The molecule has 6 heteroatoms. The van der Waals surface area contributed by atoms with Crippen LogP contribution in [0.5, 0.6) is 5.75 Å². The number of benzene rings is 2. The zero-order valence-electron chi connectivity index (χ0n) is 13.7. The molecule has 2 rings (SSSR count). The summed E-state index contributed by atoms with van der Waals surface area (Å²) in [5, 5.41) is 2.42. The molecule has 0 aliphatic carbocycles. The lowest BCUT2D eigenvalue weighted by Gasteiger charge is -2.21. The van der Waals surface area contributed by atoms with Crippen molar-refractivity contribution in [2.24, 2.45) is 0 Å². The van der Waals surface area contributed by atoms with Crippen LogP contribution in [0.1, 0.15) is 26.3 Å². The normalized spacial score (nSPS) is 11.0. The van der Waals surface area contributed by atoms with Gasteiger partial charge in [0, 0.05) is 0 Å². The van der Waals surface area contributed by atoms with Crippen molar-refractivity contribution in [2.45, 2.75) is 33.0 Å².